The highest BCUT2D eigenvalue weighted by Gasteiger charge is 2.31. The normalized spacial score (nSPS) is 18.3. The third-order valence-electron chi connectivity index (χ3n) is 4.98. The van der Waals surface area contributed by atoms with Gasteiger partial charge < -0.3 is 24.6 Å². The summed E-state index contributed by atoms with van der Waals surface area (Å²) in [6, 6.07) is 0.395. The number of aromatic carboxylic acids is 1. The number of carbonyl (C=O) groups is 1. The van der Waals surface area contributed by atoms with Gasteiger partial charge in [0.25, 0.3) is 0 Å². The number of aliphatic hydroxyl groups excluding tert-OH is 1. The van der Waals surface area contributed by atoms with E-state index in [1.54, 1.807) is 6.92 Å². The summed E-state index contributed by atoms with van der Waals surface area (Å²) in [6.45, 7) is 2.90. The SMILES string of the molecule is CCn1cc(C(=O)O)c(=O)c2cc(F)c(N3CCN(C)CC3CO)c(F)c21. The van der Waals surface area contributed by atoms with Crippen molar-refractivity contribution in [3.05, 3.63) is 39.7 Å². The zero-order chi connectivity index (χ0) is 19.9. The van der Waals surface area contributed by atoms with Crippen LogP contribution in [-0.2, 0) is 6.54 Å². The van der Waals surface area contributed by atoms with Crippen LogP contribution in [0.5, 0.6) is 0 Å². The van der Waals surface area contributed by atoms with E-state index in [4.69, 9.17) is 0 Å². The fraction of sp³-hybridized carbons (Fsp3) is 0.444. The molecule has 0 radical (unpaired) electrons. The summed E-state index contributed by atoms with van der Waals surface area (Å²) in [5.41, 5.74) is -1.91. The molecule has 2 N–H and O–H groups in total. The Balaban J connectivity index is 2.29. The number of fused-ring (bicyclic) bond motifs is 1. The summed E-state index contributed by atoms with van der Waals surface area (Å²) in [4.78, 5) is 27.1. The van der Waals surface area contributed by atoms with E-state index in [2.05, 4.69) is 0 Å². The lowest BCUT2D eigenvalue weighted by Gasteiger charge is -2.41. The number of halogens is 2. The number of likely N-dealkylation sites (N-methyl/N-ethyl adjacent to an activating group) is 1. The highest BCUT2D eigenvalue weighted by atomic mass is 19.1. The van der Waals surface area contributed by atoms with Crippen molar-refractivity contribution in [2.75, 3.05) is 38.2 Å². The zero-order valence-electron chi connectivity index (χ0n) is 15.1. The van der Waals surface area contributed by atoms with Gasteiger partial charge in [-0.2, -0.15) is 0 Å². The van der Waals surface area contributed by atoms with Crippen molar-refractivity contribution >= 4 is 22.6 Å². The van der Waals surface area contributed by atoms with Crippen LogP contribution in [0, 0.1) is 11.6 Å². The Kier molecular flexibility index (Phi) is 5.16. The van der Waals surface area contributed by atoms with Crippen molar-refractivity contribution in [1.29, 1.82) is 0 Å². The Bertz CT molecular complexity index is 960. The predicted molar refractivity (Wildman–Crippen MR) is 96.5 cm³/mol. The number of pyridine rings is 1. The van der Waals surface area contributed by atoms with Gasteiger partial charge in [-0.05, 0) is 20.0 Å². The van der Waals surface area contributed by atoms with Gasteiger partial charge in [-0.25, -0.2) is 13.6 Å². The summed E-state index contributed by atoms with van der Waals surface area (Å²) in [7, 11) is 1.86. The van der Waals surface area contributed by atoms with E-state index in [-0.39, 0.29) is 29.7 Å². The van der Waals surface area contributed by atoms with E-state index in [1.165, 1.54) is 9.47 Å². The van der Waals surface area contributed by atoms with Gasteiger partial charge in [0.1, 0.15) is 17.1 Å². The van der Waals surface area contributed by atoms with Gasteiger partial charge in [-0.3, -0.25) is 4.79 Å². The zero-order valence-corrected chi connectivity index (χ0v) is 15.1. The second-order valence-corrected chi connectivity index (χ2v) is 6.67. The average molecular weight is 381 g/mol. The fourth-order valence-corrected chi connectivity index (χ4v) is 3.60. The minimum Gasteiger partial charge on any atom is -0.477 e. The molecule has 0 amide bonds. The van der Waals surface area contributed by atoms with Gasteiger partial charge >= 0.3 is 5.97 Å². The number of aryl methyl sites for hydroxylation is 1. The molecule has 2 aromatic rings. The first kappa shape index (κ1) is 19.2. The third kappa shape index (κ3) is 3.17. The molecule has 1 aromatic carbocycles. The average Bonchev–Trinajstić information content (AvgIpc) is 2.63. The maximum Gasteiger partial charge on any atom is 0.341 e. The lowest BCUT2D eigenvalue weighted by Crippen LogP contribution is -2.54. The van der Waals surface area contributed by atoms with Gasteiger partial charge in [0, 0.05) is 32.4 Å². The number of benzene rings is 1. The lowest BCUT2D eigenvalue weighted by atomic mass is 10.1. The summed E-state index contributed by atoms with van der Waals surface area (Å²) in [6.07, 6.45) is 1.07. The smallest absolute Gasteiger partial charge is 0.341 e. The van der Waals surface area contributed by atoms with Gasteiger partial charge in [-0.15, -0.1) is 0 Å². The number of aromatic nitrogens is 1. The first-order chi connectivity index (χ1) is 12.8. The number of aliphatic hydroxyl groups is 1. The van der Waals surface area contributed by atoms with E-state index in [1.807, 2.05) is 11.9 Å². The number of carboxylic acids is 1. The highest BCUT2D eigenvalue weighted by Crippen LogP contribution is 2.32. The molecular weight excluding hydrogens is 360 g/mol. The summed E-state index contributed by atoms with van der Waals surface area (Å²) < 4.78 is 31.5. The molecule has 1 aliphatic rings. The van der Waals surface area contributed by atoms with Crippen molar-refractivity contribution in [2.24, 2.45) is 0 Å². The second kappa shape index (κ2) is 7.24. The Labute approximate surface area is 154 Å². The molecule has 1 aromatic heterocycles. The van der Waals surface area contributed by atoms with E-state index >= 15 is 4.39 Å². The maximum absolute atomic E-state index is 15.4. The molecule has 1 fully saturated rings. The topological polar surface area (TPSA) is 86.0 Å². The highest BCUT2D eigenvalue weighted by molar-refractivity contribution is 5.93. The monoisotopic (exact) mass is 381 g/mol. The predicted octanol–water partition coefficient (Wildman–Crippen LogP) is 1.11. The fourth-order valence-electron chi connectivity index (χ4n) is 3.60. The van der Waals surface area contributed by atoms with Crippen molar-refractivity contribution in [2.45, 2.75) is 19.5 Å². The number of carboxylic acid groups (broad SMARTS) is 1. The van der Waals surface area contributed by atoms with Crippen LogP contribution in [0.4, 0.5) is 14.5 Å². The first-order valence-electron chi connectivity index (χ1n) is 8.64. The van der Waals surface area contributed by atoms with Crippen molar-refractivity contribution in [3.63, 3.8) is 0 Å². The number of hydrogen-bond donors (Lipinski definition) is 2. The standard InChI is InChI=1S/C18H21F2N3O4/c1-3-22-8-12(18(26)27)17(25)11-6-13(19)16(14(20)15(11)22)23-5-4-21(2)7-10(23)9-24/h6,8,10,24H,3-5,7,9H2,1-2H3,(H,26,27). The van der Waals surface area contributed by atoms with Gasteiger partial charge in [0.2, 0.25) is 5.43 Å². The molecule has 1 saturated heterocycles. The molecular formula is C18H21F2N3O4. The summed E-state index contributed by atoms with van der Waals surface area (Å²) in [5, 5.41) is 18.5. The Hall–Kier alpha value is -2.52. The minimum absolute atomic E-state index is 0.139. The molecule has 2 heterocycles. The number of nitrogens with zero attached hydrogens (tertiary/aromatic N) is 3. The molecule has 146 valence electrons. The van der Waals surface area contributed by atoms with E-state index < -0.39 is 34.6 Å². The number of hydrogen-bond acceptors (Lipinski definition) is 5. The van der Waals surface area contributed by atoms with Crippen LogP contribution >= 0.6 is 0 Å². The Morgan fingerprint density at radius 2 is 2.04 bits per heavy atom. The molecule has 27 heavy (non-hydrogen) atoms. The van der Waals surface area contributed by atoms with Crippen LogP contribution in [0.3, 0.4) is 0 Å². The number of anilines is 1. The molecule has 0 saturated carbocycles. The van der Waals surface area contributed by atoms with Crippen LogP contribution in [0.15, 0.2) is 17.1 Å². The number of piperazine rings is 1. The summed E-state index contributed by atoms with van der Waals surface area (Å²) in [5.74, 6) is -3.33. The second-order valence-electron chi connectivity index (χ2n) is 6.67. The van der Waals surface area contributed by atoms with Crippen LogP contribution in [0.1, 0.15) is 17.3 Å². The lowest BCUT2D eigenvalue weighted by molar-refractivity contribution is 0.0694. The van der Waals surface area contributed by atoms with Crippen molar-refractivity contribution < 1.29 is 23.8 Å². The van der Waals surface area contributed by atoms with Crippen LogP contribution < -0.4 is 10.3 Å². The van der Waals surface area contributed by atoms with Crippen LogP contribution in [-0.4, -0.2) is 65.0 Å². The molecule has 1 unspecified atom stereocenters. The van der Waals surface area contributed by atoms with Crippen LogP contribution in [0.25, 0.3) is 10.9 Å². The molecule has 1 atom stereocenters. The largest absolute Gasteiger partial charge is 0.477 e. The molecule has 9 heteroatoms. The van der Waals surface area contributed by atoms with E-state index in [0.717, 1.165) is 12.3 Å². The van der Waals surface area contributed by atoms with Crippen LogP contribution in [0.2, 0.25) is 0 Å². The summed E-state index contributed by atoms with van der Waals surface area (Å²) >= 11 is 0. The Morgan fingerprint density at radius 1 is 1.33 bits per heavy atom. The van der Waals surface area contributed by atoms with E-state index in [9.17, 15) is 24.2 Å². The first-order valence-corrected chi connectivity index (χ1v) is 8.64. The van der Waals surface area contributed by atoms with Gasteiger partial charge in [-0.1, -0.05) is 0 Å². The molecule has 7 nitrogen and oxygen atoms in total. The van der Waals surface area contributed by atoms with Crippen molar-refractivity contribution in [3.8, 4) is 0 Å². The Morgan fingerprint density at radius 3 is 2.63 bits per heavy atom. The molecule has 3 rings (SSSR count). The molecule has 0 aliphatic carbocycles. The maximum atomic E-state index is 15.4. The molecule has 0 bridgehead atoms. The quantitative estimate of drug-likeness (QED) is 0.825. The third-order valence-corrected chi connectivity index (χ3v) is 4.98. The van der Waals surface area contributed by atoms with Gasteiger partial charge in [0.05, 0.1) is 23.6 Å². The van der Waals surface area contributed by atoms with E-state index in [0.29, 0.717) is 19.6 Å². The van der Waals surface area contributed by atoms with Crippen molar-refractivity contribution in [1.82, 2.24) is 9.47 Å². The molecule has 0 spiro atoms. The van der Waals surface area contributed by atoms with Gasteiger partial charge in [0.15, 0.2) is 5.82 Å². The molecule has 1 aliphatic heterocycles. The minimum atomic E-state index is -1.45. The number of rotatable bonds is 4.